The van der Waals surface area contributed by atoms with Crippen LogP contribution < -0.4 is 10.2 Å². The first-order valence-corrected chi connectivity index (χ1v) is 5.87. The van der Waals surface area contributed by atoms with Gasteiger partial charge in [-0.25, -0.2) is 4.79 Å². The highest BCUT2D eigenvalue weighted by molar-refractivity contribution is 5.94. The van der Waals surface area contributed by atoms with Crippen LogP contribution in [0.5, 0.6) is 0 Å². The Morgan fingerprint density at radius 3 is 2.39 bits per heavy atom. The number of carbonyl (C=O) groups excluding carboxylic acids is 1. The van der Waals surface area contributed by atoms with Crippen LogP contribution in [0, 0.1) is 0 Å². The summed E-state index contributed by atoms with van der Waals surface area (Å²) in [5.74, 6) is -0.971. The van der Waals surface area contributed by atoms with Crippen LogP contribution in [0.1, 0.15) is 23.7 Å². The molecule has 0 heterocycles. The minimum Gasteiger partial charge on any atom is -0.478 e. The summed E-state index contributed by atoms with van der Waals surface area (Å²) in [4.78, 5) is 24.0. The first-order valence-electron chi connectivity index (χ1n) is 5.87. The third-order valence-electron chi connectivity index (χ3n) is 2.64. The molecule has 0 aliphatic heterocycles. The van der Waals surface area contributed by atoms with Crippen LogP contribution in [0.25, 0.3) is 0 Å². The van der Waals surface area contributed by atoms with Crippen LogP contribution in [0.4, 0.5) is 5.69 Å². The van der Waals surface area contributed by atoms with Gasteiger partial charge in [-0.15, -0.1) is 0 Å². The molecule has 1 amide bonds. The number of hydrogen-bond acceptors (Lipinski definition) is 3. The van der Waals surface area contributed by atoms with Crippen LogP contribution in [0.3, 0.4) is 0 Å². The number of carboxylic acid groups (broad SMARTS) is 1. The van der Waals surface area contributed by atoms with Gasteiger partial charge in [0, 0.05) is 25.7 Å². The number of carbonyl (C=O) groups is 2. The van der Waals surface area contributed by atoms with Gasteiger partial charge in [-0.2, -0.15) is 0 Å². The molecule has 1 aromatic carbocycles. The molecule has 0 bridgehead atoms. The van der Waals surface area contributed by atoms with E-state index >= 15 is 0 Å². The van der Waals surface area contributed by atoms with E-state index in [1.165, 1.54) is 17.0 Å². The average molecular weight is 250 g/mol. The number of amides is 1. The van der Waals surface area contributed by atoms with Gasteiger partial charge in [0.25, 0.3) is 0 Å². The molecule has 0 atom stereocenters. The highest BCUT2D eigenvalue weighted by Gasteiger charge is 2.11. The fraction of sp³-hybridized carbons (Fsp3) is 0.385. The lowest BCUT2D eigenvalue weighted by Crippen LogP contribution is -2.29. The standard InChI is InChI=1S/C13H18N2O3/c1-3-14-9-8-12(16)15(2)11-6-4-10(5-7-11)13(17)18/h4-7,14H,3,8-9H2,1-2H3,(H,17,18). The second kappa shape index (κ2) is 6.76. The van der Waals surface area contributed by atoms with Gasteiger partial charge in [-0.1, -0.05) is 6.92 Å². The van der Waals surface area contributed by atoms with Crippen LogP contribution in [0.15, 0.2) is 24.3 Å². The van der Waals surface area contributed by atoms with Crippen molar-refractivity contribution >= 4 is 17.6 Å². The van der Waals surface area contributed by atoms with E-state index in [0.29, 0.717) is 18.7 Å². The molecular weight excluding hydrogens is 232 g/mol. The molecule has 0 aliphatic carbocycles. The summed E-state index contributed by atoms with van der Waals surface area (Å²) in [5, 5.41) is 11.9. The van der Waals surface area contributed by atoms with E-state index in [1.807, 2.05) is 6.92 Å². The highest BCUT2D eigenvalue weighted by Crippen LogP contribution is 2.14. The largest absolute Gasteiger partial charge is 0.478 e. The van der Waals surface area contributed by atoms with Gasteiger partial charge in [0.1, 0.15) is 0 Å². The third-order valence-corrected chi connectivity index (χ3v) is 2.64. The van der Waals surface area contributed by atoms with Crippen LogP contribution in [-0.2, 0) is 4.79 Å². The topological polar surface area (TPSA) is 69.6 Å². The second-order valence-corrected chi connectivity index (χ2v) is 3.91. The summed E-state index contributed by atoms with van der Waals surface area (Å²) >= 11 is 0. The number of carboxylic acids is 1. The Kier molecular flexibility index (Phi) is 5.32. The van der Waals surface area contributed by atoms with Crippen LogP contribution >= 0.6 is 0 Å². The van der Waals surface area contributed by atoms with Crippen molar-refractivity contribution in [2.75, 3.05) is 25.0 Å². The monoisotopic (exact) mass is 250 g/mol. The van der Waals surface area contributed by atoms with Crippen molar-refractivity contribution in [1.29, 1.82) is 0 Å². The molecule has 0 saturated carbocycles. The molecule has 5 nitrogen and oxygen atoms in total. The van der Waals surface area contributed by atoms with Gasteiger partial charge in [-0.05, 0) is 30.8 Å². The van der Waals surface area contributed by atoms with Gasteiger partial charge in [0.05, 0.1) is 5.56 Å². The average Bonchev–Trinajstić information content (AvgIpc) is 2.38. The summed E-state index contributed by atoms with van der Waals surface area (Å²) < 4.78 is 0. The molecule has 18 heavy (non-hydrogen) atoms. The SMILES string of the molecule is CCNCCC(=O)N(C)c1ccc(C(=O)O)cc1. The zero-order valence-corrected chi connectivity index (χ0v) is 10.6. The van der Waals surface area contributed by atoms with E-state index in [2.05, 4.69) is 5.32 Å². The molecule has 98 valence electrons. The summed E-state index contributed by atoms with van der Waals surface area (Å²) in [6.45, 7) is 3.47. The molecule has 0 saturated heterocycles. The van der Waals surface area contributed by atoms with E-state index < -0.39 is 5.97 Å². The fourth-order valence-electron chi connectivity index (χ4n) is 1.51. The third kappa shape index (κ3) is 3.85. The lowest BCUT2D eigenvalue weighted by molar-refractivity contribution is -0.118. The Balaban J connectivity index is 2.63. The summed E-state index contributed by atoms with van der Waals surface area (Å²) in [6, 6.07) is 6.25. The van der Waals surface area contributed by atoms with Crippen molar-refractivity contribution in [2.24, 2.45) is 0 Å². The zero-order chi connectivity index (χ0) is 13.5. The Morgan fingerprint density at radius 1 is 1.28 bits per heavy atom. The number of rotatable bonds is 6. The Labute approximate surface area is 106 Å². The molecule has 0 spiro atoms. The summed E-state index contributed by atoms with van der Waals surface area (Å²) in [6.07, 6.45) is 0.422. The van der Waals surface area contributed by atoms with Crippen molar-refractivity contribution in [3.8, 4) is 0 Å². The molecular formula is C13H18N2O3. The molecule has 2 N–H and O–H groups in total. The first-order chi connectivity index (χ1) is 8.56. The lowest BCUT2D eigenvalue weighted by atomic mass is 10.2. The van der Waals surface area contributed by atoms with Gasteiger partial charge in [0.15, 0.2) is 0 Å². The fourth-order valence-corrected chi connectivity index (χ4v) is 1.51. The number of anilines is 1. The molecule has 5 heteroatoms. The molecule has 0 unspecified atom stereocenters. The smallest absolute Gasteiger partial charge is 0.335 e. The maximum atomic E-state index is 11.8. The Hall–Kier alpha value is -1.88. The second-order valence-electron chi connectivity index (χ2n) is 3.91. The summed E-state index contributed by atoms with van der Waals surface area (Å²) in [5.41, 5.74) is 0.911. The van der Waals surface area contributed by atoms with Gasteiger partial charge in [0.2, 0.25) is 5.91 Å². The van der Waals surface area contributed by atoms with Crippen molar-refractivity contribution in [3.05, 3.63) is 29.8 Å². The maximum absolute atomic E-state index is 11.8. The number of nitrogens with one attached hydrogen (secondary N) is 1. The van der Waals surface area contributed by atoms with E-state index in [4.69, 9.17) is 5.11 Å². The lowest BCUT2D eigenvalue weighted by Gasteiger charge is -2.17. The molecule has 0 radical (unpaired) electrons. The molecule has 0 aromatic heterocycles. The van der Waals surface area contributed by atoms with Crippen molar-refractivity contribution in [3.63, 3.8) is 0 Å². The van der Waals surface area contributed by atoms with E-state index in [0.717, 1.165) is 6.54 Å². The number of nitrogens with zero attached hydrogens (tertiary/aromatic N) is 1. The quantitative estimate of drug-likeness (QED) is 0.748. The van der Waals surface area contributed by atoms with Gasteiger partial charge in [-0.3, -0.25) is 4.79 Å². The molecule has 1 aromatic rings. The minimum atomic E-state index is -0.970. The van der Waals surface area contributed by atoms with Crippen molar-refractivity contribution in [2.45, 2.75) is 13.3 Å². The van der Waals surface area contributed by atoms with Crippen LogP contribution in [0.2, 0.25) is 0 Å². The van der Waals surface area contributed by atoms with Crippen molar-refractivity contribution < 1.29 is 14.7 Å². The predicted molar refractivity (Wildman–Crippen MR) is 70.0 cm³/mol. The number of hydrogen-bond donors (Lipinski definition) is 2. The zero-order valence-electron chi connectivity index (χ0n) is 10.6. The molecule has 1 rings (SSSR count). The van der Waals surface area contributed by atoms with Gasteiger partial charge < -0.3 is 15.3 Å². The number of benzene rings is 1. The summed E-state index contributed by atoms with van der Waals surface area (Å²) in [7, 11) is 1.68. The predicted octanol–water partition coefficient (Wildman–Crippen LogP) is 1.35. The molecule has 0 fully saturated rings. The Morgan fingerprint density at radius 2 is 1.89 bits per heavy atom. The van der Waals surface area contributed by atoms with Crippen molar-refractivity contribution in [1.82, 2.24) is 5.32 Å². The first kappa shape index (κ1) is 14.2. The highest BCUT2D eigenvalue weighted by atomic mass is 16.4. The van der Waals surface area contributed by atoms with Crippen LogP contribution in [-0.4, -0.2) is 37.1 Å². The molecule has 0 aliphatic rings. The maximum Gasteiger partial charge on any atom is 0.335 e. The van der Waals surface area contributed by atoms with Gasteiger partial charge >= 0.3 is 5.97 Å². The number of aromatic carboxylic acids is 1. The van der Waals surface area contributed by atoms with E-state index in [9.17, 15) is 9.59 Å². The Bertz CT molecular complexity index is 415. The minimum absolute atomic E-state index is 0.000903. The van der Waals surface area contributed by atoms with E-state index in [-0.39, 0.29) is 11.5 Å². The van der Waals surface area contributed by atoms with E-state index in [1.54, 1.807) is 19.2 Å². The normalized spacial score (nSPS) is 10.1.